The molecule has 1 aromatic carbocycles. The van der Waals surface area contributed by atoms with Crippen molar-refractivity contribution >= 4 is 51.4 Å². The number of thiazole rings is 1. The zero-order valence-corrected chi connectivity index (χ0v) is 21.0. The van der Waals surface area contributed by atoms with Gasteiger partial charge in [0.1, 0.15) is 5.82 Å². The van der Waals surface area contributed by atoms with Gasteiger partial charge in [0.15, 0.2) is 10.9 Å². The third-order valence-corrected chi connectivity index (χ3v) is 6.67. The molecule has 14 heteroatoms. The molecule has 0 bridgehead atoms. The fourth-order valence-electron chi connectivity index (χ4n) is 3.79. The lowest BCUT2D eigenvalue weighted by Crippen LogP contribution is -2.48. The number of amides is 2. The molecule has 1 N–H and O–H groups in total. The van der Waals surface area contributed by atoms with E-state index >= 15 is 0 Å². The number of hydrogen-bond acceptors (Lipinski definition) is 7. The molecule has 1 saturated heterocycles. The Bertz CT molecular complexity index is 1280. The second-order valence-electron chi connectivity index (χ2n) is 8.20. The van der Waals surface area contributed by atoms with E-state index in [0.717, 1.165) is 7.05 Å². The van der Waals surface area contributed by atoms with Gasteiger partial charge in [-0.25, -0.2) is 14.4 Å². The second-order valence-corrected chi connectivity index (χ2v) is 9.50. The lowest BCUT2D eigenvalue weighted by atomic mass is 10.1. The van der Waals surface area contributed by atoms with E-state index in [1.54, 1.807) is 11.6 Å². The zero-order valence-electron chi connectivity index (χ0n) is 19.4. The molecule has 2 amide bonds. The van der Waals surface area contributed by atoms with Crippen LogP contribution in [0.4, 0.5) is 34.2 Å². The second kappa shape index (κ2) is 11.0. The fraction of sp³-hybridized carbons (Fsp3) is 0.304. The zero-order chi connectivity index (χ0) is 26.7. The molecule has 4 rings (SSSR count). The number of nitrogens with zero attached hydrogens (tertiary/aromatic N) is 5. The summed E-state index contributed by atoms with van der Waals surface area (Å²) in [5, 5.41) is 5.02. The highest BCUT2D eigenvalue weighted by molar-refractivity contribution is 7.13. The minimum atomic E-state index is -5.04. The molecule has 3 heterocycles. The first-order valence-corrected chi connectivity index (χ1v) is 12.3. The number of hydrogen-bond donors (Lipinski definition) is 1. The summed E-state index contributed by atoms with van der Waals surface area (Å²) in [6.45, 7) is 1.71. The summed E-state index contributed by atoms with van der Waals surface area (Å²) in [6.07, 6.45) is -3.47. The standard InChI is InChI=1S/C23H21ClF4N6O2S/c1-32(21(36)23(26,27)28)15-11-14(30-18(12-15)31-22-29-5-10-37-22)13-33-6-8-34(9-7-33)20(35)16-3-2-4-17(24)19(16)25/h2-5,10-12H,6-9,13H2,1H3,(H,29,30,31). The highest BCUT2D eigenvalue weighted by Gasteiger charge is 2.42. The molecule has 0 spiro atoms. The fourth-order valence-corrected chi connectivity index (χ4v) is 4.50. The summed E-state index contributed by atoms with van der Waals surface area (Å²) in [5.74, 6) is -3.02. The molecule has 0 saturated carbocycles. The van der Waals surface area contributed by atoms with Crippen LogP contribution in [0.15, 0.2) is 41.9 Å². The topological polar surface area (TPSA) is 81.7 Å². The molecule has 0 aliphatic carbocycles. The summed E-state index contributed by atoms with van der Waals surface area (Å²) < 4.78 is 53.4. The maximum Gasteiger partial charge on any atom is 0.471 e. The largest absolute Gasteiger partial charge is 0.471 e. The Morgan fingerprint density at radius 1 is 1.19 bits per heavy atom. The molecule has 0 unspecified atom stereocenters. The Hall–Kier alpha value is -3.29. The first-order chi connectivity index (χ1) is 17.5. The molecule has 2 aromatic heterocycles. The van der Waals surface area contributed by atoms with E-state index in [9.17, 15) is 27.2 Å². The van der Waals surface area contributed by atoms with E-state index in [1.165, 1.54) is 46.6 Å². The van der Waals surface area contributed by atoms with Crippen LogP contribution in [0, 0.1) is 5.82 Å². The van der Waals surface area contributed by atoms with Crippen LogP contribution in [-0.4, -0.2) is 71.0 Å². The minimum absolute atomic E-state index is 0.0108. The number of anilines is 3. The van der Waals surface area contributed by atoms with Gasteiger partial charge < -0.3 is 15.1 Å². The number of pyridine rings is 1. The van der Waals surface area contributed by atoms with Crippen molar-refractivity contribution in [3.63, 3.8) is 0 Å². The number of piperazine rings is 1. The van der Waals surface area contributed by atoms with E-state index in [-0.39, 0.29) is 28.6 Å². The third-order valence-electron chi connectivity index (χ3n) is 5.69. The van der Waals surface area contributed by atoms with Crippen molar-refractivity contribution in [1.82, 2.24) is 19.8 Å². The SMILES string of the molecule is CN(C(=O)C(F)(F)F)c1cc(CN2CCN(C(=O)c3cccc(Cl)c3F)CC2)nc(Nc2nccs2)c1. The quantitative estimate of drug-likeness (QED) is 0.449. The molecule has 3 aromatic rings. The summed E-state index contributed by atoms with van der Waals surface area (Å²) in [5.41, 5.74) is 0.321. The maximum absolute atomic E-state index is 14.3. The average Bonchev–Trinajstić information content (AvgIpc) is 3.37. The smallest absolute Gasteiger partial charge is 0.336 e. The number of benzene rings is 1. The van der Waals surface area contributed by atoms with Crippen LogP contribution in [0.2, 0.25) is 5.02 Å². The summed E-state index contributed by atoms with van der Waals surface area (Å²) >= 11 is 7.07. The van der Waals surface area contributed by atoms with Crippen molar-refractivity contribution in [1.29, 1.82) is 0 Å². The number of carbonyl (C=O) groups excluding carboxylic acids is 2. The lowest BCUT2D eigenvalue weighted by molar-refractivity contribution is -0.170. The van der Waals surface area contributed by atoms with Gasteiger partial charge in [0.05, 0.1) is 16.3 Å². The summed E-state index contributed by atoms with van der Waals surface area (Å²) in [6, 6.07) is 7.00. The highest BCUT2D eigenvalue weighted by atomic mass is 35.5. The van der Waals surface area contributed by atoms with E-state index < -0.39 is 23.8 Å². The molecular weight excluding hydrogens is 536 g/mol. The first-order valence-electron chi connectivity index (χ1n) is 11.0. The average molecular weight is 557 g/mol. The van der Waals surface area contributed by atoms with Gasteiger partial charge in [-0.1, -0.05) is 17.7 Å². The Morgan fingerprint density at radius 2 is 1.92 bits per heavy atom. The highest BCUT2D eigenvalue weighted by Crippen LogP contribution is 2.27. The van der Waals surface area contributed by atoms with Gasteiger partial charge in [0.2, 0.25) is 0 Å². The van der Waals surface area contributed by atoms with Crippen LogP contribution in [0.25, 0.3) is 0 Å². The number of halogens is 5. The van der Waals surface area contributed by atoms with Crippen LogP contribution in [-0.2, 0) is 11.3 Å². The van der Waals surface area contributed by atoms with Gasteiger partial charge in [-0.2, -0.15) is 13.2 Å². The van der Waals surface area contributed by atoms with Gasteiger partial charge >= 0.3 is 12.1 Å². The molecule has 1 fully saturated rings. The van der Waals surface area contributed by atoms with Crippen LogP contribution >= 0.6 is 22.9 Å². The van der Waals surface area contributed by atoms with E-state index in [4.69, 9.17) is 11.6 Å². The van der Waals surface area contributed by atoms with Crippen molar-refractivity contribution in [3.05, 3.63) is 64.0 Å². The van der Waals surface area contributed by atoms with Crippen LogP contribution in [0.3, 0.4) is 0 Å². The van der Waals surface area contributed by atoms with E-state index in [1.807, 2.05) is 4.90 Å². The van der Waals surface area contributed by atoms with Crippen molar-refractivity contribution in [2.24, 2.45) is 0 Å². The number of alkyl halides is 3. The van der Waals surface area contributed by atoms with Gasteiger partial charge in [-0.3, -0.25) is 14.5 Å². The first kappa shape index (κ1) is 26.8. The minimum Gasteiger partial charge on any atom is -0.336 e. The van der Waals surface area contributed by atoms with Crippen molar-refractivity contribution in [3.8, 4) is 0 Å². The van der Waals surface area contributed by atoms with Gasteiger partial charge in [-0.15, -0.1) is 11.3 Å². The van der Waals surface area contributed by atoms with Gasteiger partial charge in [0, 0.05) is 63.1 Å². The van der Waals surface area contributed by atoms with E-state index in [2.05, 4.69) is 15.3 Å². The molecule has 37 heavy (non-hydrogen) atoms. The van der Waals surface area contributed by atoms with E-state index in [0.29, 0.717) is 41.9 Å². The molecule has 0 atom stereocenters. The number of aromatic nitrogens is 2. The van der Waals surface area contributed by atoms with Crippen LogP contribution in [0.5, 0.6) is 0 Å². The Balaban J connectivity index is 1.48. The Morgan fingerprint density at radius 3 is 2.57 bits per heavy atom. The Kier molecular flexibility index (Phi) is 7.95. The van der Waals surface area contributed by atoms with Crippen molar-refractivity contribution in [2.45, 2.75) is 12.7 Å². The number of rotatable bonds is 6. The summed E-state index contributed by atoms with van der Waals surface area (Å²) in [7, 11) is 1.04. The van der Waals surface area contributed by atoms with Gasteiger partial charge in [-0.05, 0) is 18.2 Å². The van der Waals surface area contributed by atoms with Crippen LogP contribution < -0.4 is 10.2 Å². The van der Waals surface area contributed by atoms with Crippen LogP contribution in [0.1, 0.15) is 16.1 Å². The maximum atomic E-state index is 14.3. The lowest BCUT2D eigenvalue weighted by Gasteiger charge is -2.34. The molecule has 8 nitrogen and oxygen atoms in total. The van der Waals surface area contributed by atoms with Crippen molar-refractivity contribution in [2.75, 3.05) is 43.4 Å². The van der Waals surface area contributed by atoms with Crippen molar-refractivity contribution < 1.29 is 27.2 Å². The molecular formula is C23H21ClF4N6O2S. The predicted molar refractivity (Wildman–Crippen MR) is 132 cm³/mol. The normalized spacial score (nSPS) is 14.5. The number of nitrogens with one attached hydrogen (secondary N) is 1. The molecule has 196 valence electrons. The molecule has 1 aliphatic rings. The number of carbonyl (C=O) groups is 2. The molecule has 0 radical (unpaired) electrons. The predicted octanol–water partition coefficient (Wildman–Crippen LogP) is 4.56. The summed E-state index contributed by atoms with van der Waals surface area (Å²) in [4.78, 5) is 37.1. The third kappa shape index (κ3) is 6.35. The van der Waals surface area contributed by atoms with Gasteiger partial charge in [0.25, 0.3) is 5.91 Å². The molecule has 1 aliphatic heterocycles. The Labute approximate surface area is 218 Å². The monoisotopic (exact) mass is 556 g/mol.